The van der Waals surface area contributed by atoms with Crippen LogP contribution in [0.15, 0.2) is 52.8 Å². The summed E-state index contributed by atoms with van der Waals surface area (Å²) >= 11 is 0. The highest BCUT2D eigenvalue weighted by Crippen LogP contribution is 2.41. The first-order valence-corrected chi connectivity index (χ1v) is 13.3. The van der Waals surface area contributed by atoms with Gasteiger partial charge in [-0.2, -0.15) is 18.4 Å². The van der Waals surface area contributed by atoms with Crippen LogP contribution >= 0.6 is 0 Å². The Labute approximate surface area is 220 Å². The number of nitrogens with one attached hydrogen (secondary N) is 2. The molecule has 38 heavy (non-hydrogen) atoms. The van der Waals surface area contributed by atoms with Crippen molar-refractivity contribution in [2.24, 2.45) is 0 Å². The number of nitriles is 1. The third-order valence-corrected chi connectivity index (χ3v) is 6.86. The maximum atomic E-state index is 13.3. The smallest absolute Gasteiger partial charge is 0.357 e. The van der Waals surface area contributed by atoms with Crippen molar-refractivity contribution in [3.8, 4) is 6.07 Å². The van der Waals surface area contributed by atoms with Crippen molar-refractivity contribution in [1.82, 2.24) is 10.3 Å². The topological polar surface area (TPSA) is 117 Å². The standard InChI is InChI=1S/C26H27F3N4O4S/c1-24(2,3)37-25(14-36-25)33-23(18-6-5-15(11-30)9-21(18)38(4)35)22-19(7-8-20(22)34)32-17-10-16(12-31-13-17)26(27,28)29/h5-6,9-10,12-13,23,32-33H,7-8,14H2,1-4H3. The molecule has 12 heteroatoms. The molecule has 0 amide bonds. The molecule has 3 atom stereocenters. The lowest BCUT2D eigenvalue weighted by Crippen LogP contribution is -2.45. The Morgan fingerprint density at radius 2 is 1.92 bits per heavy atom. The van der Waals surface area contributed by atoms with Gasteiger partial charge in [0.25, 0.3) is 5.91 Å². The zero-order chi connectivity index (χ0) is 27.9. The van der Waals surface area contributed by atoms with Gasteiger partial charge in [-0.15, -0.1) is 0 Å². The maximum Gasteiger partial charge on any atom is 0.417 e. The molecule has 2 heterocycles. The van der Waals surface area contributed by atoms with E-state index in [1.807, 2.05) is 26.8 Å². The molecule has 1 aromatic heterocycles. The van der Waals surface area contributed by atoms with E-state index in [0.717, 1.165) is 12.3 Å². The molecular formula is C26H27F3N4O4S. The van der Waals surface area contributed by atoms with Gasteiger partial charge in [0.15, 0.2) is 5.78 Å². The number of halogens is 3. The Balaban J connectivity index is 1.83. The fraction of sp³-hybridized carbons (Fsp3) is 0.423. The second kappa shape index (κ2) is 10.2. The molecule has 3 unspecified atom stereocenters. The van der Waals surface area contributed by atoms with E-state index in [1.54, 1.807) is 12.1 Å². The lowest BCUT2D eigenvalue weighted by atomic mass is 9.95. The van der Waals surface area contributed by atoms with Crippen molar-refractivity contribution in [2.45, 2.75) is 62.2 Å². The van der Waals surface area contributed by atoms with Crippen LogP contribution in [0.1, 0.15) is 56.3 Å². The summed E-state index contributed by atoms with van der Waals surface area (Å²) in [4.78, 5) is 17.3. The molecule has 1 saturated heterocycles. The zero-order valence-corrected chi connectivity index (χ0v) is 22.0. The number of benzene rings is 1. The van der Waals surface area contributed by atoms with Crippen molar-refractivity contribution in [2.75, 3.05) is 18.2 Å². The fourth-order valence-corrected chi connectivity index (χ4v) is 5.14. The van der Waals surface area contributed by atoms with Crippen LogP contribution in [0, 0.1) is 11.3 Å². The second-order valence-electron chi connectivity index (χ2n) is 10.1. The number of carbonyl (C=O) groups is 1. The number of hydrogen-bond acceptors (Lipinski definition) is 8. The number of ketones is 1. The Morgan fingerprint density at radius 1 is 1.21 bits per heavy atom. The molecule has 1 fully saturated rings. The van der Waals surface area contributed by atoms with E-state index in [9.17, 15) is 27.4 Å². The van der Waals surface area contributed by atoms with E-state index >= 15 is 0 Å². The maximum absolute atomic E-state index is 13.3. The van der Waals surface area contributed by atoms with Crippen molar-refractivity contribution >= 4 is 22.3 Å². The summed E-state index contributed by atoms with van der Waals surface area (Å²) in [6.45, 7) is 5.71. The molecule has 1 aliphatic heterocycles. The number of carbonyl (C=O) groups excluding carboxylic acids is 1. The van der Waals surface area contributed by atoms with Gasteiger partial charge in [-0.05, 0) is 51.0 Å². The summed E-state index contributed by atoms with van der Waals surface area (Å²) in [6.07, 6.45) is -0.783. The molecule has 2 N–H and O–H groups in total. The van der Waals surface area contributed by atoms with E-state index in [-0.39, 0.29) is 36.5 Å². The van der Waals surface area contributed by atoms with Crippen LogP contribution in [0.3, 0.4) is 0 Å². The molecule has 1 aliphatic carbocycles. The molecule has 202 valence electrons. The molecule has 2 aromatic rings. The number of ether oxygens (including phenoxy) is 2. The molecule has 8 nitrogen and oxygen atoms in total. The molecule has 0 radical (unpaired) electrons. The highest BCUT2D eigenvalue weighted by atomic mass is 32.2. The van der Waals surface area contributed by atoms with E-state index in [2.05, 4.69) is 15.6 Å². The molecule has 0 saturated carbocycles. The summed E-state index contributed by atoms with van der Waals surface area (Å²) in [5.74, 6) is -1.48. The predicted molar refractivity (Wildman–Crippen MR) is 133 cm³/mol. The summed E-state index contributed by atoms with van der Waals surface area (Å²) in [7, 11) is -1.54. The van der Waals surface area contributed by atoms with E-state index in [0.29, 0.717) is 21.7 Å². The highest BCUT2D eigenvalue weighted by Gasteiger charge is 2.52. The molecular weight excluding hydrogens is 521 g/mol. The van der Waals surface area contributed by atoms with Gasteiger partial charge in [0, 0.05) is 35.0 Å². The average molecular weight is 549 g/mol. The van der Waals surface area contributed by atoms with Crippen molar-refractivity contribution in [3.63, 3.8) is 0 Å². The minimum absolute atomic E-state index is 0.0724. The third-order valence-electron chi connectivity index (χ3n) is 5.88. The summed E-state index contributed by atoms with van der Waals surface area (Å²) in [5.41, 5.74) is -0.0614. The predicted octanol–water partition coefficient (Wildman–Crippen LogP) is 4.57. The average Bonchev–Trinajstić information content (AvgIpc) is 3.48. The second-order valence-corrected chi connectivity index (χ2v) is 11.4. The van der Waals surface area contributed by atoms with Crippen molar-refractivity contribution < 1.29 is 31.6 Å². The molecule has 4 rings (SSSR count). The number of alkyl halides is 3. The largest absolute Gasteiger partial charge is 0.417 e. The number of nitrogens with zero attached hydrogens (tertiary/aromatic N) is 2. The fourth-order valence-electron chi connectivity index (χ4n) is 4.33. The quantitative estimate of drug-likeness (QED) is 0.364. The van der Waals surface area contributed by atoms with E-state index < -0.39 is 40.1 Å². The lowest BCUT2D eigenvalue weighted by Gasteiger charge is -2.31. The number of epoxide rings is 1. The number of pyridine rings is 1. The zero-order valence-electron chi connectivity index (χ0n) is 21.2. The summed E-state index contributed by atoms with van der Waals surface area (Å²) in [5, 5.41) is 15.6. The summed E-state index contributed by atoms with van der Waals surface area (Å²) in [6, 6.07) is 6.70. The minimum atomic E-state index is -4.58. The number of allylic oxidation sites excluding steroid dienone is 1. The van der Waals surface area contributed by atoms with Crippen LogP contribution in [-0.2, 0) is 31.2 Å². The van der Waals surface area contributed by atoms with Gasteiger partial charge in [-0.25, -0.2) is 0 Å². The van der Waals surface area contributed by atoms with E-state index in [4.69, 9.17) is 9.47 Å². The number of Topliss-reactive ketones (excluding diaryl/α,β-unsaturated/α-hetero) is 1. The van der Waals surface area contributed by atoms with Crippen LogP contribution in [0.4, 0.5) is 18.9 Å². The lowest BCUT2D eigenvalue weighted by molar-refractivity contribution is -0.148. The molecule has 1 aromatic carbocycles. The van der Waals surface area contributed by atoms with Crippen molar-refractivity contribution in [3.05, 3.63) is 64.6 Å². The first-order chi connectivity index (χ1) is 17.7. The molecule has 0 spiro atoms. The SMILES string of the molecule is CS(=O)c1cc(C#N)ccc1C(NC1(OC(C)(C)C)CO1)C1=C(Nc2cncc(C(F)(F)F)c2)CCC1=O. The van der Waals surface area contributed by atoms with Crippen LogP contribution < -0.4 is 10.6 Å². The van der Waals surface area contributed by atoms with Gasteiger partial charge in [-0.3, -0.25) is 19.3 Å². The Morgan fingerprint density at radius 3 is 2.50 bits per heavy atom. The van der Waals surface area contributed by atoms with Gasteiger partial charge in [0.2, 0.25) is 0 Å². The Hall–Kier alpha value is -3.11. The number of anilines is 1. The Bertz CT molecular complexity index is 1360. The van der Waals surface area contributed by atoms with Gasteiger partial charge in [0.05, 0.1) is 51.5 Å². The molecule has 0 bridgehead atoms. The number of aromatic nitrogens is 1. The number of rotatable bonds is 8. The van der Waals surface area contributed by atoms with E-state index in [1.165, 1.54) is 18.5 Å². The van der Waals surface area contributed by atoms with Crippen LogP contribution in [0.5, 0.6) is 0 Å². The first-order valence-electron chi connectivity index (χ1n) is 11.8. The van der Waals surface area contributed by atoms with Crippen molar-refractivity contribution in [1.29, 1.82) is 5.26 Å². The van der Waals surface area contributed by atoms with Crippen LogP contribution in [-0.4, -0.2) is 39.4 Å². The normalized spacial score (nSPS) is 21.3. The minimum Gasteiger partial charge on any atom is -0.357 e. The van der Waals surface area contributed by atoms with Gasteiger partial charge in [-0.1, -0.05) is 6.07 Å². The molecule has 2 aliphatic rings. The monoisotopic (exact) mass is 548 g/mol. The van der Waals surface area contributed by atoms with Gasteiger partial charge < -0.3 is 14.8 Å². The van der Waals surface area contributed by atoms with Gasteiger partial charge >= 0.3 is 6.18 Å². The first kappa shape index (κ1) is 27.9. The van der Waals surface area contributed by atoms with Gasteiger partial charge in [0.1, 0.15) is 6.61 Å². The Kier molecular flexibility index (Phi) is 7.51. The van der Waals surface area contributed by atoms with Crippen LogP contribution in [0.25, 0.3) is 0 Å². The highest BCUT2D eigenvalue weighted by molar-refractivity contribution is 7.84. The van der Waals surface area contributed by atoms with Crippen LogP contribution in [0.2, 0.25) is 0 Å². The summed E-state index contributed by atoms with van der Waals surface area (Å²) < 4.78 is 64.2. The third kappa shape index (κ3) is 6.30. The number of hydrogen-bond donors (Lipinski definition) is 2.